The Bertz CT molecular complexity index is 620. The molecule has 1 aromatic carbocycles. The highest BCUT2D eigenvalue weighted by atomic mass is 35.5. The average Bonchev–Trinajstić information content (AvgIpc) is 2.47. The number of pyridine rings is 1. The molecule has 0 aliphatic carbocycles. The van der Waals surface area contributed by atoms with Gasteiger partial charge in [-0.05, 0) is 25.1 Å². The Labute approximate surface area is 128 Å². The van der Waals surface area contributed by atoms with Crippen LogP contribution in [0.2, 0.25) is 5.02 Å². The maximum atomic E-state index is 11.0. The van der Waals surface area contributed by atoms with Gasteiger partial charge in [0.15, 0.2) is 0 Å². The molecule has 3 N–H and O–H groups in total. The fraction of sp³-hybridized carbons (Fsp3) is 0.200. The number of ether oxygens (including phenoxy) is 1. The van der Waals surface area contributed by atoms with Crippen LogP contribution in [0.25, 0.3) is 0 Å². The van der Waals surface area contributed by atoms with Gasteiger partial charge in [0.05, 0.1) is 17.1 Å². The Morgan fingerprint density at radius 1 is 1.43 bits per heavy atom. The molecule has 0 aliphatic heterocycles. The molecule has 1 amide bonds. The number of nitrogens with two attached hydrogens (primary N) is 1. The molecule has 0 radical (unpaired) electrons. The molecule has 0 bridgehead atoms. The third-order valence-corrected chi connectivity index (χ3v) is 3.05. The third kappa shape index (κ3) is 4.36. The number of aromatic nitrogens is 1. The number of primary amides is 1. The van der Waals surface area contributed by atoms with Crippen molar-refractivity contribution in [3.63, 3.8) is 0 Å². The van der Waals surface area contributed by atoms with Gasteiger partial charge in [0, 0.05) is 6.20 Å². The summed E-state index contributed by atoms with van der Waals surface area (Å²) in [5.41, 5.74) is 5.44. The molecule has 1 atom stereocenters. The lowest BCUT2D eigenvalue weighted by Gasteiger charge is -2.16. The summed E-state index contributed by atoms with van der Waals surface area (Å²) in [6.45, 7) is 2.46. The van der Waals surface area contributed by atoms with Gasteiger partial charge in [-0.15, -0.1) is 0 Å². The number of hydrogen-bond donors (Lipinski definition) is 2. The average molecular weight is 306 g/mol. The topological polar surface area (TPSA) is 77.2 Å². The first kappa shape index (κ1) is 15.1. The van der Waals surface area contributed by atoms with Crippen LogP contribution < -0.4 is 15.8 Å². The van der Waals surface area contributed by atoms with Gasteiger partial charge >= 0.3 is 0 Å². The first-order valence-electron chi connectivity index (χ1n) is 6.47. The molecule has 6 heteroatoms. The summed E-state index contributed by atoms with van der Waals surface area (Å²) in [4.78, 5) is 15.1. The number of nitrogens with one attached hydrogen (secondary N) is 1. The standard InChI is InChI=1S/C15H16ClN3O2/c1-10(21-12-5-3-2-4-6-12)8-18-15-13(16)7-11(9-19-15)14(17)20/h2-7,9-10H,8H2,1H3,(H2,17,20)(H,18,19). The van der Waals surface area contributed by atoms with Gasteiger partial charge in [-0.1, -0.05) is 29.8 Å². The second kappa shape index (κ2) is 6.95. The van der Waals surface area contributed by atoms with Crippen molar-refractivity contribution in [2.75, 3.05) is 11.9 Å². The monoisotopic (exact) mass is 305 g/mol. The fourth-order valence-corrected chi connectivity index (χ4v) is 1.95. The van der Waals surface area contributed by atoms with E-state index in [1.54, 1.807) is 0 Å². The van der Waals surface area contributed by atoms with Crippen LogP contribution in [0.15, 0.2) is 42.6 Å². The predicted molar refractivity (Wildman–Crippen MR) is 82.8 cm³/mol. The zero-order valence-electron chi connectivity index (χ0n) is 11.5. The Kier molecular flexibility index (Phi) is 5.00. The molecule has 2 rings (SSSR count). The molecule has 0 saturated heterocycles. The normalized spacial score (nSPS) is 11.7. The summed E-state index contributed by atoms with van der Waals surface area (Å²) >= 11 is 6.04. The van der Waals surface area contributed by atoms with E-state index in [4.69, 9.17) is 22.1 Å². The number of nitrogens with zero attached hydrogens (tertiary/aromatic N) is 1. The molecule has 0 saturated carbocycles. The van der Waals surface area contributed by atoms with E-state index >= 15 is 0 Å². The maximum Gasteiger partial charge on any atom is 0.250 e. The smallest absolute Gasteiger partial charge is 0.250 e. The van der Waals surface area contributed by atoms with E-state index in [0.29, 0.717) is 17.4 Å². The molecular formula is C15H16ClN3O2. The first-order valence-corrected chi connectivity index (χ1v) is 6.85. The van der Waals surface area contributed by atoms with Crippen LogP contribution >= 0.6 is 11.6 Å². The van der Waals surface area contributed by atoms with E-state index in [-0.39, 0.29) is 11.7 Å². The van der Waals surface area contributed by atoms with Crippen LogP contribution in [0.4, 0.5) is 5.82 Å². The zero-order valence-corrected chi connectivity index (χ0v) is 12.3. The zero-order chi connectivity index (χ0) is 15.2. The van der Waals surface area contributed by atoms with E-state index in [1.165, 1.54) is 12.3 Å². The first-order chi connectivity index (χ1) is 10.1. The number of hydrogen-bond acceptors (Lipinski definition) is 4. The number of para-hydroxylation sites is 1. The van der Waals surface area contributed by atoms with Crippen LogP contribution in [0.3, 0.4) is 0 Å². The number of halogens is 1. The fourth-order valence-electron chi connectivity index (χ4n) is 1.72. The lowest BCUT2D eigenvalue weighted by Crippen LogP contribution is -2.23. The summed E-state index contributed by atoms with van der Waals surface area (Å²) in [6, 6.07) is 11.0. The lowest BCUT2D eigenvalue weighted by atomic mass is 10.2. The van der Waals surface area contributed by atoms with Crippen LogP contribution in [0, 0.1) is 0 Å². The summed E-state index contributed by atoms with van der Waals surface area (Å²) in [5.74, 6) is 0.733. The van der Waals surface area contributed by atoms with Crippen molar-refractivity contribution in [2.24, 2.45) is 5.73 Å². The van der Waals surface area contributed by atoms with Gasteiger partial charge in [-0.3, -0.25) is 4.79 Å². The van der Waals surface area contributed by atoms with Crippen molar-refractivity contribution in [1.29, 1.82) is 0 Å². The Hall–Kier alpha value is -2.27. The molecular weight excluding hydrogens is 290 g/mol. The molecule has 1 unspecified atom stereocenters. The Balaban J connectivity index is 1.92. The molecule has 0 fully saturated rings. The summed E-state index contributed by atoms with van der Waals surface area (Å²) in [7, 11) is 0. The van der Waals surface area contributed by atoms with Crippen molar-refractivity contribution in [3.05, 3.63) is 53.2 Å². The quantitative estimate of drug-likeness (QED) is 0.860. The maximum absolute atomic E-state index is 11.0. The van der Waals surface area contributed by atoms with Gasteiger partial charge in [0.25, 0.3) is 0 Å². The Morgan fingerprint density at radius 3 is 2.76 bits per heavy atom. The highest BCUT2D eigenvalue weighted by molar-refractivity contribution is 6.33. The molecule has 1 aromatic heterocycles. The Morgan fingerprint density at radius 2 is 2.14 bits per heavy atom. The number of benzene rings is 1. The molecule has 0 aliphatic rings. The van der Waals surface area contributed by atoms with Crippen molar-refractivity contribution in [1.82, 2.24) is 4.98 Å². The molecule has 0 spiro atoms. The van der Waals surface area contributed by atoms with E-state index in [9.17, 15) is 4.79 Å². The van der Waals surface area contributed by atoms with Crippen molar-refractivity contribution in [2.45, 2.75) is 13.0 Å². The number of amides is 1. The van der Waals surface area contributed by atoms with E-state index in [0.717, 1.165) is 5.75 Å². The second-order valence-electron chi connectivity index (χ2n) is 4.54. The second-order valence-corrected chi connectivity index (χ2v) is 4.95. The van der Waals surface area contributed by atoms with Crippen LogP contribution in [0.1, 0.15) is 17.3 Å². The van der Waals surface area contributed by atoms with Crippen LogP contribution in [-0.4, -0.2) is 23.5 Å². The van der Waals surface area contributed by atoms with E-state index in [2.05, 4.69) is 10.3 Å². The number of anilines is 1. The van der Waals surface area contributed by atoms with Crippen LogP contribution in [0.5, 0.6) is 5.75 Å². The highest BCUT2D eigenvalue weighted by Crippen LogP contribution is 2.20. The van der Waals surface area contributed by atoms with Crippen LogP contribution in [-0.2, 0) is 0 Å². The summed E-state index contributed by atoms with van der Waals surface area (Å²) in [6.07, 6.45) is 1.32. The van der Waals surface area contributed by atoms with Gasteiger partial charge in [-0.25, -0.2) is 4.98 Å². The van der Waals surface area contributed by atoms with E-state index < -0.39 is 5.91 Å². The van der Waals surface area contributed by atoms with E-state index in [1.807, 2.05) is 37.3 Å². The SMILES string of the molecule is CC(CNc1ncc(C(N)=O)cc1Cl)Oc1ccccc1. The molecule has 110 valence electrons. The number of rotatable bonds is 6. The van der Waals surface area contributed by atoms with Gasteiger partial charge in [-0.2, -0.15) is 0 Å². The minimum Gasteiger partial charge on any atom is -0.489 e. The highest BCUT2D eigenvalue weighted by Gasteiger charge is 2.09. The number of carbonyl (C=O) groups excluding carboxylic acids is 1. The molecule has 1 heterocycles. The summed E-state index contributed by atoms with van der Waals surface area (Å²) in [5, 5.41) is 3.42. The van der Waals surface area contributed by atoms with Crippen molar-refractivity contribution >= 4 is 23.3 Å². The largest absolute Gasteiger partial charge is 0.489 e. The minimum atomic E-state index is -0.559. The van der Waals surface area contributed by atoms with Crippen molar-refractivity contribution in [3.8, 4) is 5.75 Å². The van der Waals surface area contributed by atoms with Gasteiger partial charge < -0.3 is 15.8 Å². The number of carbonyl (C=O) groups is 1. The summed E-state index contributed by atoms with van der Waals surface area (Å²) < 4.78 is 5.73. The molecule has 5 nitrogen and oxygen atoms in total. The predicted octanol–water partition coefficient (Wildman–Crippen LogP) is 2.71. The van der Waals surface area contributed by atoms with Gasteiger partial charge in [0.2, 0.25) is 5.91 Å². The molecule has 2 aromatic rings. The van der Waals surface area contributed by atoms with Gasteiger partial charge in [0.1, 0.15) is 17.7 Å². The molecule has 21 heavy (non-hydrogen) atoms. The van der Waals surface area contributed by atoms with Crippen molar-refractivity contribution < 1.29 is 9.53 Å². The minimum absolute atomic E-state index is 0.0684. The lowest BCUT2D eigenvalue weighted by molar-refractivity contribution is 0.1000. The third-order valence-electron chi connectivity index (χ3n) is 2.76.